The Balaban J connectivity index is 2.14. The van der Waals surface area contributed by atoms with Crippen LogP contribution in [-0.2, 0) is 5.75 Å². The maximum absolute atomic E-state index is 12.1. The van der Waals surface area contributed by atoms with E-state index in [1.165, 1.54) is 18.2 Å². The molecule has 114 valence electrons. The summed E-state index contributed by atoms with van der Waals surface area (Å²) in [5.74, 6) is -1.05. The van der Waals surface area contributed by atoms with Crippen molar-refractivity contribution < 1.29 is 19.8 Å². The van der Waals surface area contributed by atoms with Crippen molar-refractivity contribution in [3.63, 3.8) is 0 Å². The minimum atomic E-state index is -1.25. The molecule has 2 aromatic rings. The number of carboxylic acids is 1. The topological polar surface area (TPSA) is 86.6 Å². The number of carbonyl (C=O) groups excluding carboxylic acids is 1. The normalized spacial score (nSPS) is 10.2. The Hall–Kier alpha value is -2.47. The van der Waals surface area contributed by atoms with E-state index in [0.29, 0.717) is 11.3 Å². The maximum atomic E-state index is 12.1. The first-order valence-corrected chi connectivity index (χ1v) is 7.86. The average molecular weight is 317 g/mol. The van der Waals surface area contributed by atoms with Crippen LogP contribution in [-0.4, -0.2) is 28.3 Å². The van der Waals surface area contributed by atoms with Crippen molar-refractivity contribution in [2.45, 2.75) is 5.75 Å². The molecule has 0 spiro atoms. The van der Waals surface area contributed by atoms with Crippen LogP contribution in [0.4, 0.5) is 5.69 Å². The van der Waals surface area contributed by atoms with Crippen molar-refractivity contribution in [3.05, 3.63) is 59.2 Å². The van der Waals surface area contributed by atoms with Crippen molar-refractivity contribution in [3.8, 4) is 5.75 Å². The summed E-state index contributed by atoms with van der Waals surface area (Å²) in [5.41, 5.74) is 1.66. The molecule has 0 fully saturated rings. The van der Waals surface area contributed by atoms with E-state index in [-0.39, 0.29) is 17.2 Å². The first kappa shape index (κ1) is 15.9. The van der Waals surface area contributed by atoms with E-state index in [1.54, 1.807) is 23.9 Å². The van der Waals surface area contributed by atoms with Gasteiger partial charge in [-0.1, -0.05) is 12.1 Å². The molecule has 0 heterocycles. The Kier molecular flexibility index (Phi) is 5.06. The molecule has 0 saturated heterocycles. The number of aromatic carboxylic acids is 1. The van der Waals surface area contributed by atoms with Gasteiger partial charge in [0, 0.05) is 17.0 Å². The van der Waals surface area contributed by atoms with Gasteiger partial charge in [-0.2, -0.15) is 11.8 Å². The first-order chi connectivity index (χ1) is 10.5. The van der Waals surface area contributed by atoms with Crippen LogP contribution in [0.1, 0.15) is 26.3 Å². The van der Waals surface area contributed by atoms with E-state index in [2.05, 4.69) is 5.32 Å². The van der Waals surface area contributed by atoms with Crippen LogP contribution in [0.25, 0.3) is 0 Å². The third-order valence-electron chi connectivity index (χ3n) is 3.01. The highest BCUT2D eigenvalue weighted by Crippen LogP contribution is 2.22. The predicted molar refractivity (Wildman–Crippen MR) is 86.7 cm³/mol. The molecule has 0 unspecified atom stereocenters. The number of aromatic hydroxyl groups is 1. The molecule has 2 rings (SSSR count). The van der Waals surface area contributed by atoms with E-state index in [0.717, 1.165) is 11.3 Å². The summed E-state index contributed by atoms with van der Waals surface area (Å²) in [6.45, 7) is 0. The number of phenols is 1. The SMILES string of the molecule is CSCc1ccc(C(=O)Nc2ccc(O)c(C(=O)O)c2)cc1. The predicted octanol–water partition coefficient (Wildman–Crippen LogP) is 3.21. The molecular weight excluding hydrogens is 302 g/mol. The molecule has 0 atom stereocenters. The summed E-state index contributed by atoms with van der Waals surface area (Å²) in [7, 11) is 0. The van der Waals surface area contributed by atoms with Crippen LogP contribution >= 0.6 is 11.8 Å². The fraction of sp³-hybridized carbons (Fsp3) is 0.125. The Labute approximate surface area is 132 Å². The molecule has 0 aliphatic heterocycles. The Morgan fingerprint density at radius 3 is 2.41 bits per heavy atom. The van der Waals surface area contributed by atoms with Crippen LogP contribution in [0.15, 0.2) is 42.5 Å². The molecule has 0 aromatic heterocycles. The molecule has 0 bridgehead atoms. The Morgan fingerprint density at radius 1 is 1.14 bits per heavy atom. The summed E-state index contributed by atoms with van der Waals surface area (Å²) in [5, 5.41) is 21.0. The number of rotatable bonds is 5. The summed E-state index contributed by atoms with van der Waals surface area (Å²) in [6, 6.07) is 11.1. The molecule has 6 heteroatoms. The lowest BCUT2D eigenvalue weighted by molar-refractivity contribution is 0.0693. The lowest BCUT2D eigenvalue weighted by Gasteiger charge is -2.08. The van der Waals surface area contributed by atoms with E-state index in [9.17, 15) is 14.7 Å². The zero-order valence-corrected chi connectivity index (χ0v) is 12.7. The molecule has 22 heavy (non-hydrogen) atoms. The summed E-state index contributed by atoms with van der Waals surface area (Å²) < 4.78 is 0. The molecular formula is C16H15NO4S. The smallest absolute Gasteiger partial charge is 0.339 e. The van der Waals surface area contributed by atoms with Gasteiger partial charge in [0.05, 0.1) is 0 Å². The molecule has 0 aliphatic carbocycles. The van der Waals surface area contributed by atoms with Crippen LogP contribution in [0.2, 0.25) is 0 Å². The third kappa shape index (κ3) is 3.79. The molecule has 1 amide bonds. The summed E-state index contributed by atoms with van der Waals surface area (Å²) in [4.78, 5) is 23.1. The van der Waals surface area contributed by atoms with Crippen LogP contribution in [0.5, 0.6) is 5.75 Å². The van der Waals surface area contributed by atoms with Crippen molar-refractivity contribution in [1.29, 1.82) is 0 Å². The highest BCUT2D eigenvalue weighted by Gasteiger charge is 2.12. The highest BCUT2D eigenvalue weighted by molar-refractivity contribution is 7.97. The number of hydrogen-bond acceptors (Lipinski definition) is 4. The van der Waals surface area contributed by atoms with Crippen molar-refractivity contribution in [2.24, 2.45) is 0 Å². The van der Waals surface area contributed by atoms with Gasteiger partial charge >= 0.3 is 5.97 Å². The number of carboxylic acid groups (broad SMARTS) is 1. The molecule has 0 aliphatic rings. The Morgan fingerprint density at radius 2 is 1.82 bits per heavy atom. The molecule has 5 nitrogen and oxygen atoms in total. The number of hydrogen-bond donors (Lipinski definition) is 3. The standard InChI is InChI=1S/C16H15NO4S/c1-22-9-10-2-4-11(5-3-10)15(19)17-12-6-7-14(18)13(8-12)16(20)21/h2-8,18H,9H2,1H3,(H,17,19)(H,20,21). The summed E-state index contributed by atoms with van der Waals surface area (Å²) in [6.07, 6.45) is 2.01. The second-order valence-electron chi connectivity index (χ2n) is 4.62. The van der Waals surface area contributed by atoms with E-state index >= 15 is 0 Å². The van der Waals surface area contributed by atoms with Crippen LogP contribution < -0.4 is 5.32 Å². The van der Waals surface area contributed by atoms with Crippen molar-refractivity contribution in [2.75, 3.05) is 11.6 Å². The second-order valence-corrected chi connectivity index (χ2v) is 5.49. The minimum Gasteiger partial charge on any atom is -0.507 e. The van der Waals surface area contributed by atoms with Crippen LogP contribution in [0, 0.1) is 0 Å². The van der Waals surface area contributed by atoms with Gasteiger partial charge in [-0.25, -0.2) is 4.79 Å². The van der Waals surface area contributed by atoms with Gasteiger partial charge in [0.1, 0.15) is 11.3 Å². The van der Waals surface area contributed by atoms with Gasteiger partial charge in [0.15, 0.2) is 0 Å². The largest absolute Gasteiger partial charge is 0.507 e. The Bertz CT molecular complexity index is 698. The highest BCUT2D eigenvalue weighted by atomic mass is 32.2. The zero-order chi connectivity index (χ0) is 16.1. The number of carbonyl (C=O) groups is 2. The average Bonchev–Trinajstić information content (AvgIpc) is 2.50. The minimum absolute atomic E-state index is 0.256. The van der Waals surface area contributed by atoms with Gasteiger partial charge in [-0.15, -0.1) is 0 Å². The van der Waals surface area contributed by atoms with Crippen molar-refractivity contribution >= 4 is 29.3 Å². The second kappa shape index (κ2) is 7.00. The fourth-order valence-corrected chi connectivity index (χ4v) is 2.43. The molecule has 0 saturated carbocycles. The van der Waals surface area contributed by atoms with Gasteiger partial charge in [0.25, 0.3) is 5.91 Å². The number of thioether (sulfide) groups is 1. The number of anilines is 1. The number of nitrogens with one attached hydrogen (secondary N) is 1. The summed E-state index contributed by atoms with van der Waals surface area (Å²) >= 11 is 1.70. The number of amides is 1. The quantitative estimate of drug-likeness (QED) is 0.737. The fourth-order valence-electron chi connectivity index (χ4n) is 1.91. The zero-order valence-electron chi connectivity index (χ0n) is 11.9. The van der Waals surface area contributed by atoms with E-state index < -0.39 is 5.97 Å². The third-order valence-corrected chi connectivity index (χ3v) is 3.63. The molecule has 0 radical (unpaired) electrons. The van der Waals surface area contributed by atoms with Gasteiger partial charge in [-0.05, 0) is 42.2 Å². The van der Waals surface area contributed by atoms with E-state index in [1.807, 2.05) is 18.4 Å². The first-order valence-electron chi connectivity index (χ1n) is 6.47. The van der Waals surface area contributed by atoms with Gasteiger partial charge in [-0.3, -0.25) is 4.79 Å². The van der Waals surface area contributed by atoms with Crippen LogP contribution in [0.3, 0.4) is 0 Å². The molecule has 2 aromatic carbocycles. The van der Waals surface area contributed by atoms with Crippen molar-refractivity contribution in [1.82, 2.24) is 0 Å². The molecule has 3 N–H and O–H groups in total. The van der Waals surface area contributed by atoms with Gasteiger partial charge < -0.3 is 15.5 Å². The lowest BCUT2D eigenvalue weighted by Crippen LogP contribution is -2.12. The monoisotopic (exact) mass is 317 g/mol. The van der Waals surface area contributed by atoms with Gasteiger partial charge in [0.2, 0.25) is 0 Å². The van der Waals surface area contributed by atoms with E-state index in [4.69, 9.17) is 5.11 Å². The maximum Gasteiger partial charge on any atom is 0.339 e. The lowest BCUT2D eigenvalue weighted by atomic mass is 10.1. The number of benzene rings is 2.